The number of hydrogen-bond acceptors (Lipinski definition) is 3. The Morgan fingerprint density at radius 1 is 1.12 bits per heavy atom. The smallest absolute Gasteiger partial charge is 0.138 e. The minimum atomic E-state index is -0.0504. The quantitative estimate of drug-likeness (QED) is 0.571. The predicted octanol–water partition coefficient (Wildman–Crippen LogP) is 4.73. The molecule has 0 fully saturated rings. The van der Waals surface area contributed by atoms with Crippen LogP contribution in [0.4, 0.5) is 0 Å². The first-order valence-electron chi connectivity index (χ1n) is 8.81. The van der Waals surface area contributed by atoms with Gasteiger partial charge in [0.2, 0.25) is 0 Å². The van der Waals surface area contributed by atoms with E-state index in [0.717, 1.165) is 34.5 Å². The first-order valence-corrected chi connectivity index (χ1v) is 8.81. The number of nitrogens with zero attached hydrogens (tertiary/aromatic N) is 1. The second-order valence-electron chi connectivity index (χ2n) is 6.71. The van der Waals surface area contributed by atoms with Gasteiger partial charge in [-0.3, -0.25) is 5.32 Å². The molecule has 1 N–H and O–H groups in total. The molecule has 4 heteroatoms. The average Bonchev–Trinajstić information content (AvgIpc) is 3.28. The molecule has 1 aliphatic heterocycles. The van der Waals surface area contributed by atoms with Crippen molar-refractivity contribution in [3.05, 3.63) is 83.6 Å². The lowest BCUT2D eigenvalue weighted by atomic mass is 10.1. The number of aryl methyl sites for hydroxylation is 1. The van der Waals surface area contributed by atoms with E-state index in [0.29, 0.717) is 0 Å². The molecule has 0 saturated heterocycles. The van der Waals surface area contributed by atoms with Crippen LogP contribution in [-0.4, -0.2) is 11.7 Å². The predicted molar refractivity (Wildman–Crippen MR) is 102 cm³/mol. The SMILES string of the molecule is COc1cccc2coc(C3NCc4c(C)cccc4-n4cccc43)c12. The lowest BCUT2D eigenvalue weighted by molar-refractivity contribution is 0.414. The van der Waals surface area contributed by atoms with Gasteiger partial charge >= 0.3 is 0 Å². The first kappa shape index (κ1) is 15.3. The van der Waals surface area contributed by atoms with E-state index in [2.05, 4.69) is 59.4 Å². The zero-order valence-corrected chi connectivity index (χ0v) is 14.8. The maximum atomic E-state index is 6.05. The summed E-state index contributed by atoms with van der Waals surface area (Å²) in [6, 6.07) is 16.7. The van der Waals surface area contributed by atoms with Crippen molar-refractivity contribution in [2.45, 2.75) is 19.5 Å². The van der Waals surface area contributed by atoms with E-state index in [-0.39, 0.29) is 6.04 Å². The van der Waals surface area contributed by atoms with Crippen LogP contribution in [0, 0.1) is 6.92 Å². The van der Waals surface area contributed by atoms with Gasteiger partial charge in [-0.1, -0.05) is 24.3 Å². The Morgan fingerprint density at radius 2 is 2.00 bits per heavy atom. The fourth-order valence-electron chi connectivity index (χ4n) is 4.01. The van der Waals surface area contributed by atoms with Crippen molar-refractivity contribution >= 4 is 10.8 Å². The van der Waals surface area contributed by atoms with E-state index in [1.807, 2.05) is 18.4 Å². The molecule has 1 aliphatic rings. The second kappa shape index (κ2) is 5.78. The van der Waals surface area contributed by atoms with Crippen LogP contribution < -0.4 is 10.1 Å². The van der Waals surface area contributed by atoms with Crippen LogP contribution in [0.15, 0.2) is 65.4 Å². The van der Waals surface area contributed by atoms with Gasteiger partial charge in [0.1, 0.15) is 17.6 Å². The van der Waals surface area contributed by atoms with Gasteiger partial charge in [0.15, 0.2) is 0 Å². The van der Waals surface area contributed by atoms with Crippen molar-refractivity contribution in [1.82, 2.24) is 9.88 Å². The van der Waals surface area contributed by atoms with Gasteiger partial charge in [0, 0.05) is 23.8 Å². The Labute approximate surface area is 152 Å². The summed E-state index contributed by atoms with van der Waals surface area (Å²) in [7, 11) is 1.70. The van der Waals surface area contributed by atoms with Crippen LogP contribution in [0.2, 0.25) is 0 Å². The van der Waals surface area contributed by atoms with Crippen LogP contribution in [0.3, 0.4) is 0 Å². The normalized spacial score (nSPS) is 16.2. The van der Waals surface area contributed by atoms with E-state index < -0.39 is 0 Å². The number of methoxy groups -OCH3 is 1. The minimum absolute atomic E-state index is 0.0504. The van der Waals surface area contributed by atoms with Gasteiger partial charge in [-0.05, 0) is 42.3 Å². The van der Waals surface area contributed by atoms with Gasteiger partial charge in [-0.2, -0.15) is 0 Å². The zero-order valence-electron chi connectivity index (χ0n) is 14.8. The molecule has 26 heavy (non-hydrogen) atoms. The average molecular weight is 344 g/mol. The molecule has 3 heterocycles. The standard InChI is InChI=1S/C22H20N2O2/c1-14-6-3-8-17-16(14)12-23-21(18-9-5-11-24(17)18)22-20-15(13-26-22)7-4-10-19(20)25-2/h3-11,13,21,23H,12H2,1-2H3. The molecule has 4 aromatic rings. The Kier molecular flexibility index (Phi) is 3.40. The van der Waals surface area contributed by atoms with Crippen molar-refractivity contribution < 1.29 is 9.15 Å². The van der Waals surface area contributed by atoms with Crippen molar-refractivity contribution in [2.75, 3.05) is 7.11 Å². The van der Waals surface area contributed by atoms with Gasteiger partial charge in [-0.15, -0.1) is 0 Å². The number of fused-ring (bicyclic) bond motifs is 4. The van der Waals surface area contributed by atoms with Crippen molar-refractivity contribution in [3.63, 3.8) is 0 Å². The molecule has 1 unspecified atom stereocenters. The fraction of sp³-hybridized carbons (Fsp3) is 0.182. The molecule has 130 valence electrons. The van der Waals surface area contributed by atoms with Crippen LogP contribution in [0.5, 0.6) is 5.75 Å². The zero-order chi connectivity index (χ0) is 17.7. The van der Waals surface area contributed by atoms with Gasteiger partial charge in [-0.25, -0.2) is 0 Å². The van der Waals surface area contributed by atoms with Crippen LogP contribution in [0.1, 0.15) is 28.6 Å². The third-order valence-corrected chi connectivity index (χ3v) is 5.30. The summed E-state index contributed by atoms with van der Waals surface area (Å²) in [6.07, 6.45) is 3.93. The number of nitrogens with one attached hydrogen (secondary N) is 1. The summed E-state index contributed by atoms with van der Waals surface area (Å²) in [4.78, 5) is 0. The molecule has 0 aliphatic carbocycles. The largest absolute Gasteiger partial charge is 0.496 e. The lowest BCUT2D eigenvalue weighted by Crippen LogP contribution is -2.21. The van der Waals surface area contributed by atoms with Crippen LogP contribution >= 0.6 is 0 Å². The highest BCUT2D eigenvalue weighted by atomic mass is 16.5. The van der Waals surface area contributed by atoms with Crippen LogP contribution in [0.25, 0.3) is 16.5 Å². The Balaban J connectivity index is 1.73. The van der Waals surface area contributed by atoms with Gasteiger partial charge < -0.3 is 13.7 Å². The maximum absolute atomic E-state index is 6.05. The van der Waals surface area contributed by atoms with Crippen molar-refractivity contribution in [2.24, 2.45) is 0 Å². The Hall–Kier alpha value is -2.98. The number of rotatable bonds is 2. The summed E-state index contributed by atoms with van der Waals surface area (Å²) in [5, 5.41) is 5.78. The highest BCUT2D eigenvalue weighted by molar-refractivity contribution is 5.90. The molecular formula is C22H20N2O2. The van der Waals surface area contributed by atoms with E-state index in [1.54, 1.807) is 7.11 Å². The molecule has 0 spiro atoms. The second-order valence-corrected chi connectivity index (χ2v) is 6.71. The number of ether oxygens (including phenoxy) is 1. The van der Waals surface area contributed by atoms with E-state index in [4.69, 9.17) is 9.15 Å². The molecule has 2 aromatic heterocycles. The Morgan fingerprint density at radius 3 is 2.88 bits per heavy atom. The molecule has 5 rings (SSSR count). The molecule has 0 bridgehead atoms. The Bertz CT molecular complexity index is 1110. The third-order valence-electron chi connectivity index (χ3n) is 5.30. The van der Waals surface area contributed by atoms with E-state index in [9.17, 15) is 0 Å². The minimum Gasteiger partial charge on any atom is -0.496 e. The first-order chi connectivity index (χ1) is 12.8. The van der Waals surface area contributed by atoms with Crippen molar-refractivity contribution in [1.29, 1.82) is 0 Å². The molecule has 4 nitrogen and oxygen atoms in total. The summed E-state index contributed by atoms with van der Waals surface area (Å²) >= 11 is 0. The topological polar surface area (TPSA) is 39.3 Å². The number of aromatic nitrogens is 1. The number of hydrogen-bond donors (Lipinski definition) is 1. The summed E-state index contributed by atoms with van der Waals surface area (Å²) in [5.41, 5.74) is 4.99. The molecule has 1 atom stereocenters. The summed E-state index contributed by atoms with van der Waals surface area (Å²) in [6.45, 7) is 2.95. The van der Waals surface area contributed by atoms with E-state index in [1.165, 1.54) is 16.8 Å². The molecule has 2 aromatic carbocycles. The summed E-state index contributed by atoms with van der Waals surface area (Å²) in [5.74, 6) is 1.73. The van der Waals surface area contributed by atoms with Crippen LogP contribution in [-0.2, 0) is 6.54 Å². The van der Waals surface area contributed by atoms with Gasteiger partial charge in [0.25, 0.3) is 0 Å². The highest BCUT2D eigenvalue weighted by Gasteiger charge is 2.28. The molecule has 0 radical (unpaired) electrons. The monoisotopic (exact) mass is 344 g/mol. The highest BCUT2D eigenvalue weighted by Crippen LogP contribution is 2.38. The number of benzene rings is 2. The third kappa shape index (κ3) is 2.12. The number of furan rings is 1. The summed E-state index contributed by atoms with van der Waals surface area (Å²) < 4.78 is 13.9. The molecule has 0 amide bonds. The van der Waals surface area contributed by atoms with Crippen molar-refractivity contribution in [3.8, 4) is 11.4 Å². The van der Waals surface area contributed by atoms with E-state index >= 15 is 0 Å². The molecule has 0 saturated carbocycles. The maximum Gasteiger partial charge on any atom is 0.138 e. The lowest BCUT2D eigenvalue weighted by Gasteiger charge is -2.16. The van der Waals surface area contributed by atoms with Gasteiger partial charge in [0.05, 0.1) is 24.4 Å². The fourth-order valence-corrected chi connectivity index (χ4v) is 4.01. The molecular weight excluding hydrogens is 324 g/mol.